The van der Waals surface area contributed by atoms with E-state index in [0.29, 0.717) is 11.5 Å². The number of para-hydroxylation sites is 1. The van der Waals surface area contributed by atoms with Crippen LogP contribution in [0.2, 0.25) is 0 Å². The molecule has 36 heavy (non-hydrogen) atoms. The molecule has 2 aromatic carbocycles. The van der Waals surface area contributed by atoms with Crippen molar-refractivity contribution in [2.75, 3.05) is 7.05 Å². The summed E-state index contributed by atoms with van der Waals surface area (Å²) in [5.41, 5.74) is 5.50. The molecule has 5 heteroatoms. The Labute approximate surface area is 215 Å². The van der Waals surface area contributed by atoms with Gasteiger partial charge in [-0.3, -0.25) is 4.99 Å². The zero-order valence-corrected chi connectivity index (χ0v) is 21.9. The molecule has 3 aromatic rings. The molecule has 0 radical (unpaired) electrons. The van der Waals surface area contributed by atoms with Crippen molar-refractivity contribution in [3.63, 3.8) is 0 Å². The van der Waals surface area contributed by atoms with Gasteiger partial charge in [-0.1, -0.05) is 79.3 Å². The first-order chi connectivity index (χ1) is 17.4. The molecule has 4 nitrogen and oxygen atoms in total. The van der Waals surface area contributed by atoms with Crippen LogP contribution >= 0.6 is 0 Å². The van der Waals surface area contributed by atoms with E-state index in [1.165, 1.54) is 5.57 Å². The summed E-state index contributed by atoms with van der Waals surface area (Å²) < 4.78 is 17.2. The van der Waals surface area contributed by atoms with E-state index in [0.717, 1.165) is 54.4 Å². The fourth-order valence-corrected chi connectivity index (χ4v) is 4.82. The topological polar surface area (TPSA) is 43.1 Å². The van der Waals surface area contributed by atoms with E-state index in [1.54, 1.807) is 4.68 Å². The Bertz CT molecular complexity index is 1190. The van der Waals surface area contributed by atoms with Gasteiger partial charge in [0.1, 0.15) is 11.7 Å². The molecular formula is C31H39FN4. The summed E-state index contributed by atoms with van der Waals surface area (Å²) in [7, 11) is 1.82. The molecule has 1 heterocycles. The summed E-state index contributed by atoms with van der Waals surface area (Å²) in [6.07, 6.45) is 7.61. The summed E-state index contributed by atoms with van der Waals surface area (Å²) in [6.45, 7) is 16.4. The van der Waals surface area contributed by atoms with E-state index in [2.05, 4.69) is 42.0 Å². The fourth-order valence-electron chi connectivity index (χ4n) is 4.82. The van der Waals surface area contributed by atoms with E-state index in [-0.39, 0.29) is 5.92 Å². The molecule has 0 aliphatic heterocycles. The summed E-state index contributed by atoms with van der Waals surface area (Å²) in [5.74, 6) is 0.670. The number of rotatable bonds is 14. The van der Waals surface area contributed by atoms with Crippen molar-refractivity contribution in [2.24, 2.45) is 16.8 Å². The van der Waals surface area contributed by atoms with E-state index in [4.69, 9.17) is 0 Å². The first kappa shape index (κ1) is 27.3. The standard InChI is InChI=1S/C31H39FN4/c1-7-12-22(4)27(13-8-2)20-24(9-3)21-29(33-6)25-16-18-26(19-17-25)31(32)23(5)36-30-15-11-10-14-28(30)34-35-36/h8-11,14-19,23-24,27,31H,2-4,7,12-13,20-21H2,1,5-6H3/b33-29+. The van der Waals surface area contributed by atoms with Crippen LogP contribution in [0.5, 0.6) is 0 Å². The van der Waals surface area contributed by atoms with Gasteiger partial charge in [0.25, 0.3) is 0 Å². The maximum absolute atomic E-state index is 15.5. The number of halogens is 1. The van der Waals surface area contributed by atoms with Crippen molar-refractivity contribution < 1.29 is 4.39 Å². The Hall–Kier alpha value is -3.34. The minimum Gasteiger partial charge on any atom is -0.292 e. The molecule has 0 aliphatic carbocycles. The third-order valence-electron chi connectivity index (χ3n) is 6.99. The number of aromatic nitrogens is 3. The molecule has 0 N–H and O–H groups in total. The minimum absolute atomic E-state index is 0.275. The van der Waals surface area contributed by atoms with Crippen LogP contribution in [0.3, 0.4) is 0 Å². The third kappa shape index (κ3) is 6.45. The Balaban J connectivity index is 1.71. The highest BCUT2D eigenvalue weighted by atomic mass is 19.1. The average molecular weight is 487 g/mol. The van der Waals surface area contributed by atoms with Crippen molar-refractivity contribution in [3.05, 3.63) is 97.1 Å². The molecular weight excluding hydrogens is 447 g/mol. The molecule has 4 atom stereocenters. The average Bonchev–Trinajstić information content (AvgIpc) is 3.34. The smallest absolute Gasteiger partial charge is 0.147 e. The van der Waals surface area contributed by atoms with Gasteiger partial charge < -0.3 is 0 Å². The predicted octanol–water partition coefficient (Wildman–Crippen LogP) is 8.25. The monoisotopic (exact) mass is 486 g/mol. The second-order valence-corrected chi connectivity index (χ2v) is 9.52. The first-order valence-corrected chi connectivity index (χ1v) is 12.8. The Morgan fingerprint density at radius 1 is 1.14 bits per heavy atom. The van der Waals surface area contributed by atoms with Crippen LogP contribution < -0.4 is 0 Å². The largest absolute Gasteiger partial charge is 0.292 e. The van der Waals surface area contributed by atoms with Crippen LogP contribution in [0.25, 0.3) is 11.0 Å². The van der Waals surface area contributed by atoms with Gasteiger partial charge in [-0.2, -0.15) is 0 Å². The van der Waals surface area contributed by atoms with Gasteiger partial charge in [-0.05, 0) is 67.7 Å². The number of hydrogen-bond acceptors (Lipinski definition) is 3. The number of aliphatic imine (C=N–C) groups is 1. The fraction of sp³-hybridized carbons (Fsp3) is 0.387. The SMILES string of the molecule is C=CCC(CC(C=C)C/C(=N\C)c1ccc(C(F)C(C)n2nnc3ccccc32)cc1)C(=C)CCC. The zero-order chi connectivity index (χ0) is 26.1. The molecule has 3 rings (SSSR count). The Morgan fingerprint density at radius 3 is 2.50 bits per heavy atom. The van der Waals surface area contributed by atoms with E-state index < -0.39 is 12.2 Å². The Morgan fingerprint density at radius 2 is 1.86 bits per heavy atom. The highest BCUT2D eigenvalue weighted by Crippen LogP contribution is 2.32. The first-order valence-electron chi connectivity index (χ1n) is 12.8. The maximum atomic E-state index is 15.5. The van der Waals surface area contributed by atoms with Crippen molar-refractivity contribution in [1.29, 1.82) is 0 Å². The van der Waals surface area contributed by atoms with Crippen molar-refractivity contribution in [2.45, 2.75) is 58.2 Å². The van der Waals surface area contributed by atoms with Crippen molar-refractivity contribution >= 4 is 16.7 Å². The van der Waals surface area contributed by atoms with Gasteiger partial charge in [0.05, 0.1) is 11.6 Å². The zero-order valence-electron chi connectivity index (χ0n) is 21.9. The molecule has 0 bridgehead atoms. The quantitative estimate of drug-likeness (QED) is 0.170. The number of nitrogens with zero attached hydrogens (tertiary/aromatic N) is 4. The molecule has 0 spiro atoms. The van der Waals surface area contributed by atoms with Gasteiger partial charge in [0, 0.05) is 12.8 Å². The second kappa shape index (κ2) is 13.1. The maximum Gasteiger partial charge on any atom is 0.147 e. The third-order valence-corrected chi connectivity index (χ3v) is 6.99. The lowest BCUT2D eigenvalue weighted by molar-refractivity contribution is 0.236. The van der Waals surface area contributed by atoms with Crippen LogP contribution in [-0.4, -0.2) is 27.8 Å². The van der Waals surface area contributed by atoms with Crippen LogP contribution in [0.4, 0.5) is 4.39 Å². The highest BCUT2D eigenvalue weighted by molar-refractivity contribution is 6.00. The highest BCUT2D eigenvalue weighted by Gasteiger charge is 2.23. The van der Waals surface area contributed by atoms with E-state index in [1.807, 2.05) is 74.7 Å². The molecule has 4 unspecified atom stereocenters. The lowest BCUT2D eigenvalue weighted by Gasteiger charge is -2.23. The lowest BCUT2D eigenvalue weighted by atomic mass is 9.82. The summed E-state index contributed by atoms with van der Waals surface area (Å²) in [6, 6.07) is 14.8. The van der Waals surface area contributed by atoms with Crippen molar-refractivity contribution in [1.82, 2.24) is 15.0 Å². The van der Waals surface area contributed by atoms with Crippen LogP contribution in [0.1, 0.15) is 69.3 Å². The molecule has 0 saturated heterocycles. The summed E-state index contributed by atoms with van der Waals surface area (Å²) >= 11 is 0. The van der Waals surface area contributed by atoms with Gasteiger partial charge in [0.2, 0.25) is 0 Å². The minimum atomic E-state index is -1.21. The molecule has 0 saturated carbocycles. The number of allylic oxidation sites excluding steroid dienone is 3. The predicted molar refractivity (Wildman–Crippen MR) is 150 cm³/mol. The van der Waals surface area contributed by atoms with Crippen LogP contribution in [0, 0.1) is 11.8 Å². The van der Waals surface area contributed by atoms with Gasteiger partial charge in [0.15, 0.2) is 0 Å². The lowest BCUT2D eigenvalue weighted by Crippen LogP contribution is -2.15. The summed E-state index contributed by atoms with van der Waals surface area (Å²) in [4.78, 5) is 4.58. The van der Waals surface area contributed by atoms with Crippen LogP contribution in [-0.2, 0) is 0 Å². The number of alkyl halides is 1. The molecule has 0 amide bonds. The van der Waals surface area contributed by atoms with Gasteiger partial charge >= 0.3 is 0 Å². The van der Waals surface area contributed by atoms with Gasteiger partial charge in [-0.25, -0.2) is 9.07 Å². The molecule has 0 fully saturated rings. The number of hydrogen-bond donors (Lipinski definition) is 0. The van der Waals surface area contributed by atoms with E-state index in [9.17, 15) is 0 Å². The second-order valence-electron chi connectivity index (χ2n) is 9.52. The molecule has 190 valence electrons. The van der Waals surface area contributed by atoms with Crippen LogP contribution in [0.15, 0.2) is 91.0 Å². The normalized spacial score (nSPS) is 15.3. The molecule has 1 aromatic heterocycles. The summed E-state index contributed by atoms with van der Waals surface area (Å²) in [5, 5.41) is 8.35. The number of fused-ring (bicyclic) bond motifs is 1. The van der Waals surface area contributed by atoms with E-state index >= 15 is 4.39 Å². The molecule has 0 aliphatic rings. The Kier molecular flexibility index (Phi) is 9.92. The van der Waals surface area contributed by atoms with Gasteiger partial charge in [-0.15, -0.1) is 18.3 Å². The van der Waals surface area contributed by atoms with Crippen molar-refractivity contribution in [3.8, 4) is 0 Å². The number of benzene rings is 2.